The standard InChI is InChI=1S/C15H19NO4S/c1-4-10-16(11-5-2)15(17)12-20-13-6-8-14(9-7-13)21(3,18)19/h4-9H,1-2,10-12H2,3H3. The molecule has 1 aromatic carbocycles. The summed E-state index contributed by atoms with van der Waals surface area (Å²) in [7, 11) is -3.23. The van der Waals surface area contributed by atoms with Gasteiger partial charge in [0, 0.05) is 19.3 Å². The van der Waals surface area contributed by atoms with Gasteiger partial charge in [-0.1, -0.05) is 12.2 Å². The molecule has 0 atom stereocenters. The molecule has 0 aromatic heterocycles. The first-order valence-corrected chi connectivity index (χ1v) is 8.20. The highest BCUT2D eigenvalue weighted by Gasteiger charge is 2.12. The van der Waals surface area contributed by atoms with E-state index in [1.54, 1.807) is 17.1 Å². The molecule has 0 unspecified atom stereocenters. The van der Waals surface area contributed by atoms with Gasteiger partial charge >= 0.3 is 0 Å². The molecule has 0 spiro atoms. The molecule has 0 fully saturated rings. The first-order valence-electron chi connectivity index (χ1n) is 6.31. The lowest BCUT2D eigenvalue weighted by Crippen LogP contribution is -2.35. The molecular formula is C15H19NO4S. The average molecular weight is 309 g/mol. The van der Waals surface area contributed by atoms with Gasteiger partial charge in [0.25, 0.3) is 5.91 Å². The fourth-order valence-electron chi connectivity index (χ4n) is 1.61. The molecule has 5 nitrogen and oxygen atoms in total. The lowest BCUT2D eigenvalue weighted by molar-refractivity contribution is -0.132. The maximum Gasteiger partial charge on any atom is 0.261 e. The number of hydrogen-bond acceptors (Lipinski definition) is 4. The molecule has 0 bridgehead atoms. The second kappa shape index (κ2) is 7.64. The molecule has 0 aliphatic carbocycles. The van der Waals surface area contributed by atoms with Gasteiger partial charge in [0.15, 0.2) is 16.4 Å². The summed E-state index contributed by atoms with van der Waals surface area (Å²) in [6, 6.07) is 5.94. The Balaban J connectivity index is 2.64. The third-order valence-electron chi connectivity index (χ3n) is 2.67. The van der Waals surface area contributed by atoms with Crippen LogP contribution in [-0.4, -0.2) is 45.2 Å². The van der Waals surface area contributed by atoms with Crippen molar-refractivity contribution in [2.45, 2.75) is 4.90 Å². The Kier molecular flexibility index (Phi) is 6.17. The van der Waals surface area contributed by atoms with Gasteiger partial charge in [0.05, 0.1) is 4.90 Å². The Morgan fingerprint density at radius 1 is 1.19 bits per heavy atom. The first kappa shape index (κ1) is 17.0. The molecule has 0 heterocycles. The molecule has 1 aromatic rings. The molecule has 0 radical (unpaired) electrons. The van der Waals surface area contributed by atoms with Crippen LogP contribution in [0.3, 0.4) is 0 Å². The van der Waals surface area contributed by atoms with Gasteiger partial charge in [0.1, 0.15) is 5.75 Å². The lowest BCUT2D eigenvalue weighted by atomic mass is 10.3. The Morgan fingerprint density at radius 2 is 1.71 bits per heavy atom. The normalized spacial score (nSPS) is 10.7. The number of benzene rings is 1. The minimum atomic E-state index is -3.23. The van der Waals surface area contributed by atoms with Gasteiger partial charge in [-0.25, -0.2) is 8.42 Å². The van der Waals surface area contributed by atoms with Crippen LogP contribution in [0.5, 0.6) is 5.75 Å². The minimum absolute atomic E-state index is 0.125. The Bertz CT molecular complexity index is 595. The second-order valence-corrected chi connectivity index (χ2v) is 6.42. The van der Waals surface area contributed by atoms with Crippen LogP contribution < -0.4 is 4.74 Å². The van der Waals surface area contributed by atoms with E-state index in [1.807, 2.05) is 0 Å². The Hall–Kier alpha value is -2.08. The summed E-state index contributed by atoms with van der Waals surface area (Å²) in [5.74, 6) is 0.245. The highest BCUT2D eigenvalue weighted by molar-refractivity contribution is 7.90. The van der Waals surface area contributed by atoms with E-state index in [2.05, 4.69) is 13.2 Å². The molecular weight excluding hydrogens is 290 g/mol. The van der Waals surface area contributed by atoms with Crippen LogP contribution in [0.1, 0.15) is 0 Å². The van der Waals surface area contributed by atoms with E-state index in [9.17, 15) is 13.2 Å². The van der Waals surface area contributed by atoms with Gasteiger partial charge < -0.3 is 9.64 Å². The van der Waals surface area contributed by atoms with Gasteiger partial charge in [0.2, 0.25) is 0 Å². The molecule has 0 aliphatic heterocycles. The largest absolute Gasteiger partial charge is 0.484 e. The zero-order chi connectivity index (χ0) is 15.9. The maximum atomic E-state index is 11.9. The van der Waals surface area contributed by atoms with Crippen LogP contribution in [0.2, 0.25) is 0 Å². The average Bonchev–Trinajstić information content (AvgIpc) is 2.44. The van der Waals surface area contributed by atoms with Crippen molar-refractivity contribution in [1.82, 2.24) is 4.90 Å². The fraction of sp³-hybridized carbons (Fsp3) is 0.267. The van der Waals surface area contributed by atoms with Crippen molar-refractivity contribution in [3.63, 3.8) is 0 Å². The molecule has 21 heavy (non-hydrogen) atoms. The van der Waals surface area contributed by atoms with Crippen LogP contribution in [0, 0.1) is 0 Å². The van der Waals surface area contributed by atoms with Crippen LogP contribution in [0.15, 0.2) is 54.5 Å². The summed E-state index contributed by atoms with van der Waals surface area (Å²) in [5, 5.41) is 0. The van der Waals surface area contributed by atoms with E-state index in [0.717, 1.165) is 6.26 Å². The van der Waals surface area contributed by atoms with E-state index in [0.29, 0.717) is 18.8 Å². The van der Waals surface area contributed by atoms with Crippen molar-refractivity contribution < 1.29 is 17.9 Å². The van der Waals surface area contributed by atoms with Gasteiger partial charge in [-0.3, -0.25) is 4.79 Å². The highest BCUT2D eigenvalue weighted by atomic mass is 32.2. The number of rotatable bonds is 8. The molecule has 0 saturated heterocycles. The van der Waals surface area contributed by atoms with Crippen molar-refractivity contribution >= 4 is 15.7 Å². The number of sulfone groups is 1. The zero-order valence-corrected chi connectivity index (χ0v) is 12.8. The smallest absolute Gasteiger partial charge is 0.261 e. The molecule has 0 N–H and O–H groups in total. The molecule has 1 amide bonds. The zero-order valence-electron chi connectivity index (χ0n) is 12.0. The van der Waals surface area contributed by atoms with Crippen molar-refractivity contribution in [2.75, 3.05) is 26.0 Å². The monoisotopic (exact) mass is 309 g/mol. The van der Waals surface area contributed by atoms with E-state index in [-0.39, 0.29) is 17.4 Å². The summed E-state index contributed by atoms with van der Waals surface area (Å²) in [4.78, 5) is 13.7. The fourth-order valence-corrected chi connectivity index (χ4v) is 2.24. The predicted octanol–water partition coefficient (Wildman–Crippen LogP) is 1.67. The van der Waals surface area contributed by atoms with Crippen molar-refractivity contribution in [1.29, 1.82) is 0 Å². The van der Waals surface area contributed by atoms with E-state index >= 15 is 0 Å². The van der Waals surface area contributed by atoms with Crippen molar-refractivity contribution in [2.24, 2.45) is 0 Å². The number of nitrogens with zero attached hydrogens (tertiary/aromatic N) is 1. The third-order valence-corrected chi connectivity index (χ3v) is 3.79. The summed E-state index contributed by atoms with van der Waals surface area (Å²) >= 11 is 0. The van der Waals surface area contributed by atoms with Gasteiger partial charge in [-0.2, -0.15) is 0 Å². The van der Waals surface area contributed by atoms with Crippen LogP contribution in [0.25, 0.3) is 0 Å². The summed E-state index contributed by atoms with van der Waals surface area (Å²) in [6.07, 6.45) is 4.39. The number of carbonyl (C=O) groups is 1. The van der Waals surface area contributed by atoms with Gasteiger partial charge in [-0.05, 0) is 24.3 Å². The van der Waals surface area contributed by atoms with Gasteiger partial charge in [-0.15, -0.1) is 13.2 Å². The number of carbonyl (C=O) groups excluding carboxylic acids is 1. The topological polar surface area (TPSA) is 63.7 Å². The SMILES string of the molecule is C=CCN(CC=C)C(=O)COc1ccc(S(C)(=O)=O)cc1. The highest BCUT2D eigenvalue weighted by Crippen LogP contribution is 2.15. The third kappa shape index (κ3) is 5.43. The van der Waals surface area contributed by atoms with Crippen LogP contribution in [0.4, 0.5) is 0 Å². The molecule has 0 aliphatic rings. The molecule has 1 rings (SSSR count). The van der Waals surface area contributed by atoms with E-state index in [4.69, 9.17) is 4.74 Å². The predicted molar refractivity (Wildman–Crippen MR) is 82.0 cm³/mol. The number of ether oxygens (including phenoxy) is 1. The summed E-state index contributed by atoms with van der Waals surface area (Å²) in [5.41, 5.74) is 0. The van der Waals surface area contributed by atoms with Crippen molar-refractivity contribution in [3.8, 4) is 5.75 Å². The second-order valence-electron chi connectivity index (χ2n) is 4.41. The molecule has 114 valence electrons. The Morgan fingerprint density at radius 3 is 2.14 bits per heavy atom. The quantitative estimate of drug-likeness (QED) is 0.685. The number of amides is 1. The summed E-state index contributed by atoms with van der Waals surface area (Å²) in [6.45, 7) is 7.89. The minimum Gasteiger partial charge on any atom is -0.484 e. The molecule has 6 heteroatoms. The maximum absolute atomic E-state index is 11.9. The van der Waals surface area contributed by atoms with Crippen LogP contribution >= 0.6 is 0 Å². The summed E-state index contributed by atoms with van der Waals surface area (Å²) < 4.78 is 28.0. The lowest BCUT2D eigenvalue weighted by Gasteiger charge is -2.19. The first-order chi connectivity index (χ1) is 9.88. The van der Waals surface area contributed by atoms with Crippen LogP contribution in [-0.2, 0) is 14.6 Å². The van der Waals surface area contributed by atoms with E-state index < -0.39 is 9.84 Å². The number of hydrogen-bond donors (Lipinski definition) is 0. The van der Waals surface area contributed by atoms with Crippen molar-refractivity contribution in [3.05, 3.63) is 49.6 Å². The van der Waals surface area contributed by atoms with E-state index in [1.165, 1.54) is 24.3 Å². The Labute approximate surface area is 125 Å². The molecule has 0 saturated carbocycles.